The fourth-order valence-corrected chi connectivity index (χ4v) is 7.46. The number of aryl methyl sites for hydroxylation is 1. The summed E-state index contributed by atoms with van der Waals surface area (Å²) in [7, 11) is 0. The van der Waals surface area contributed by atoms with Crippen molar-refractivity contribution < 1.29 is 23.4 Å². The number of esters is 1. The van der Waals surface area contributed by atoms with Gasteiger partial charge in [-0.2, -0.15) is 4.39 Å². The number of aromatic nitrogens is 2. The van der Waals surface area contributed by atoms with Crippen LogP contribution >= 0.6 is 0 Å². The van der Waals surface area contributed by atoms with Crippen molar-refractivity contribution in [3.8, 4) is 17.1 Å². The number of cyclic esters (lactones) is 1. The number of fused-ring (bicyclic) bond motifs is 5. The highest BCUT2D eigenvalue weighted by atomic mass is 19.2. The van der Waals surface area contributed by atoms with E-state index in [2.05, 4.69) is 23.3 Å². The Kier molecular flexibility index (Phi) is 7.45. The standard InChI is InChI=1S/C34H39FN4O5/c1-4-24-25-17-23(44-21(3)37-15-11-22(12-16-37)38-13-7-6-8-14-38)9-10-29(25)36-31-26(24)19-39-30(31)18-28-27(32(39)40)20-42-33(41)34(28,35)43-5-2/h9-10,17-18,22H,3-8,11-16,19-20H2,1-2H3/t34-/m0/s1. The number of hydrogen-bond acceptors (Lipinski definition) is 8. The Morgan fingerprint density at radius 1 is 1.09 bits per heavy atom. The molecule has 2 fully saturated rings. The molecule has 2 aromatic heterocycles. The first kappa shape index (κ1) is 29.0. The van der Waals surface area contributed by atoms with Crippen molar-refractivity contribution in [1.82, 2.24) is 19.4 Å². The maximum Gasteiger partial charge on any atom is 0.377 e. The molecule has 7 rings (SSSR count). The number of alkyl halides is 1. The molecule has 0 amide bonds. The van der Waals surface area contributed by atoms with Crippen LogP contribution in [0, 0.1) is 0 Å². The average Bonchev–Trinajstić information content (AvgIpc) is 3.41. The van der Waals surface area contributed by atoms with Crippen molar-refractivity contribution in [3.05, 3.63) is 69.3 Å². The van der Waals surface area contributed by atoms with Crippen LogP contribution < -0.4 is 10.3 Å². The average molecular weight is 603 g/mol. The monoisotopic (exact) mass is 602 g/mol. The van der Waals surface area contributed by atoms with E-state index >= 15 is 4.39 Å². The van der Waals surface area contributed by atoms with Crippen molar-refractivity contribution in [2.45, 2.75) is 77.4 Å². The summed E-state index contributed by atoms with van der Waals surface area (Å²) in [5.41, 5.74) is 3.38. The maximum absolute atomic E-state index is 15.9. The van der Waals surface area contributed by atoms with Crippen LogP contribution in [-0.2, 0) is 39.7 Å². The molecule has 0 aliphatic carbocycles. The lowest BCUT2D eigenvalue weighted by Crippen LogP contribution is -2.46. The predicted molar refractivity (Wildman–Crippen MR) is 164 cm³/mol. The second kappa shape index (κ2) is 11.3. The number of carbonyl (C=O) groups is 1. The van der Waals surface area contributed by atoms with Crippen molar-refractivity contribution in [3.63, 3.8) is 0 Å². The zero-order valence-electron chi connectivity index (χ0n) is 25.5. The summed E-state index contributed by atoms with van der Waals surface area (Å²) >= 11 is 0. The highest BCUT2D eigenvalue weighted by Gasteiger charge is 2.50. The number of nitrogens with zero attached hydrogens (tertiary/aromatic N) is 4. The summed E-state index contributed by atoms with van der Waals surface area (Å²) < 4.78 is 34.0. The van der Waals surface area contributed by atoms with Crippen molar-refractivity contribution in [1.29, 1.82) is 0 Å². The number of hydrogen-bond donors (Lipinski definition) is 0. The van der Waals surface area contributed by atoms with Crippen LogP contribution in [0.1, 0.15) is 68.2 Å². The van der Waals surface area contributed by atoms with Crippen molar-refractivity contribution in [2.24, 2.45) is 0 Å². The van der Waals surface area contributed by atoms with Crippen LogP contribution in [0.2, 0.25) is 0 Å². The number of carbonyl (C=O) groups excluding carboxylic acids is 1. The summed E-state index contributed by atoms with van der Waals surface area (Å²) in [5.74, 6) is -2.63. The number of piperidine rings is 2. The van der Waals surface area contributed by atoms with Crippen molar-refractivity contribution >= 4 is 16.9 Å². The van der Waals surface area contributed by atoms with E-state index in [0.29, 0.717) is 42.0 Å². The number of halogens is 1. The van der Waals surface area contributed by atoms with E-state index in [-0.39, 0.29) is 24.3 Å². The number of likely N-dealkylation sites (tertiary alicyclic amines) is 2. The van der Waals surface area contributed by atoms with Gasteiger partial charge in [0.2, 0.25) is 0 Å². The van der Waals surface area contributed by atoms with Gasteiger partial charge in [0.25, 0.3) is 5.56 Å². The number of rotatable bonds is 7. The van der Waals surface area contributed by atoms with Crippen LogP contribution in [0.15, 0.2) is 41.5 Å². The van der Waals surface area contributed by atoms with Gasteiger partial charge in [-0.1, -0.05) is 13.3 Å². The lowest BCUT2D eigenvalue weighted by Gasteiger charge is -2.41. The van der Waals surface area contributed by atoms with E-state index in [0.717, 1.165) is 48.0 Å². The molecule has 0 bridgehead atoms. The van der Waals surface area contributed by atoms with Gasteiger partial charge >= 0.3 is 11.8 Å². The second-order valence-electron chi connectivity index (χ2n) is 12.2. The Morgan fingerprint density at radius 2 is 1.86 bits per heavy atom. The van der Waals surface area contributed by atoms with Crippen LogP contribution in [0.5, 0.6) is 5.75 Å². The Balaban J connectivity index is 1.17. The molecule has 4 aliphatic heterocycles. The van der Waals surface area contributed by atoms with E-state index in [1.807, 2.05) is 18.2 Å². The minimum absolute atomic E-state index is 0.0589. The predicted octanol–water partition coefficient (Wildman–Crippen LogP) is 5.00. The lowest BCUT2D eigenvalue weighted by molar-refractivity contribution is -0.210. The third kappa shape index (κ3) is 4.70. The molecule has 1 aromatic carbocycles. The normalized spacial score (nSPS) is 22.0. The van der Waals surface area contributed by atoms with Crippen LogP contribution in [0.25, 0.3) is 22.3 Å². The van der Waals surface area contributed by atoms with Crippen molar-refractivity contribution in [2.75, 3.05) is 32.8 Å². The summed E-state index contributed by atoms with van der Waals surface area (Å²) in [5, 5.41) is 0.943. The Bertz CT molecular complexity index is 1710. The molecule has 0 N–H and O–H groups in total. The first-order valence-corrected chi connectivity index (χ1v) is 15.9. The number of ether oxygens (including phenoxy) is 3. The van der Waals surface area contributed by atoms with Gasteiger partial charge in [0, 0.05) is 42.3 Å². The zero-order chi connectivity index (χ0) is 30.6. The van der Waals surface area contributed by atoms with Gasteiger partial charge in [-0.3, -0.25) is 4.79 Å². The van der Waals surface area contributed by atoms with Gasteiger partial charge in [-0.15, -0.1) is 0 Å². The van der Waals surface area contributed by atoms with Gasteiger partial charge in [0.1, 0.15) is 12.4 Å². The molecule has 3 aromatic rings. The molecule has 44 heavy (non-hydrogen) atoms. The highest BCUT2D eigenvalue weighted by molar-refractivity contribution is 5.89. The lowest BCUT2D eigenvalue weighted by atomic mass is 9.96. The first-order chi connectivity index (χ1) is 21.3. The minimum atomic E-state index is -2.83. The summed E-state index contributed by atoms with van der Waals surface area (Å²) in [6.45, 7) is 12.2. The molecule has 6 heterocycles. The van der Waals surface area contributed by atoms with Gasteiger partial charge in [0.05, 0.1) is 29.0 Å². The Morgan fingerprint density at radius 3 is 2.59 bits per heavy atom. The topological polar surface area (TPSA) is 86.1 Å². The maximum atomic E-state index is 15.9. The molecule has 4 aliphatic rings. The molecule has 0 radical (unpaired) electrons. The zero-order valence-corrected chi connectivity index (χ0v) is 25.5. The minimum Gasteiger partial charge on any atom is -0.456 e. The molecule has 1 atom stereocenters. The number of pyridine rings is 2. The fourth-order valence-electron chi connectivity index (χ4n) is 7.46. The molecular weight excluding hydrogens is 563 g/mol. The van der Waals surface area contributed by atoms with Gasteiger partial charge in [-0.05, 0) is 88.5 Å². The molecule has 9 nitrogen and oxygen atoms in total. The fraction of sp³-hybridized carbons (Fsp3) is 0.500. The summed E-state index contributed by atoms with van der Waals surface area (Å²) in [6, 6.07) is 7.98. The third-order valence-electron chi connectivity index (χ3n) is 9.75. The van der Waals surface area contributed by atoms with Gasteiger partial charge in [-0.25, -0.2) is 9.78 Å². The third-order valence-corrected chi connectivity index (χ3v) is 9.75. The second-order valence-corrected chi connectivity index (χ2v) is 12.2. The largest absolute Gasteiger partial charge is 0.456 e. The van der Waals surface area contributed by atoms with E-state index in [1.54, 1.807) is 11.5 Å². The van der Waals surface area contributed by atoms with Gasteiger partial charge < -0.3 is 28.6 Å². The summed E-state index contributed by atoms with van der Waals surface area (Å²) in [4.78, 5) is 35.8. The molecule has 0 saturated carbocycles. The summed E-state index contributed by atoms with van der Waals surface area (Å²) in [6.07, 6.45) is 6.91. The molecule has 10 heteroatoms. The van der Waals surface area contributed by atoms with E-state index < -0.39 is 17.4 Å². The molecule has 232 valence electrons. The Hall–Kier alpha value is -3.76. The molecule has 0 spiro atoms. The SMILES string of the molecule is C=C(Oc1ccc2nc3c(c(CC)c2c1)Cn1c-3cc2c(c1=O)COC(=O)[C@@]2(F)OCC)N1CCC(N2CCCCC2)CC1. The van der Waals surface area contributed by atoms with Crippen LogP contribution in [-0.4, -0.2) is 64.1 Å². The molecular formula is C34H39FN4O5. The van der Waals surface area contributed by atoms with E-state index in [9.17, 15) is 9.59 Å². The molecule has 2 saturated heterocycles. The Labute approximate surface area is 256 Å². The van der Waals surface area contributed by atoms with E-state index in [4.69, 9.17) is 19.2 Å². The van der Waals surface area contributed by atoms with Crippen LogP contribution in [0.3, 0.4) is 0 Å². The highest BCUT2D eigenvalue weighted by Crippen LogP contribution is 2.41. The number of benzene rings is 1. The van der Waals surface area contributed by atoms with Gasteiger partial charge in [0.15, 0.2) is 5.88 Å². The molecule has 0 unspecified atom stereocenters. The first-order valence-electron chi connectivity index (χ1n) is 15.9. The smallest absolute Gasteiger partial charge is 0.377 e. The quantitative estimate of drug-likeness (QED) is 0.216. The van der Waals surface area contributed by atoms with E-state index in [1.165, 1.54) is 38.4 Å². The van der Waals surface area contributed by atoms with Crippen LogP contribution in [0.4, 0.5) is 4.39 Å².